The molecule has 0 atom stereocenters. The van der Waals surface area contributed by atoms with Crippen LogP contribution in [0, 0.1) is 0 Å². The number of pyridine rings is 1. The number of esters is 1. The van der Waals surface area contributed by atoms with Gasteiger partial charge in [0.15, 0.2) is 13.0 Å². The van der Waals surface area contributed by atoms with Crippen molar-refractivity contribution in [1.82, 2.24) is 4.98 Å². The van der Waals surface area contributed by atoms with Gasteiger partial charge in [-0.15, -0.1) is 13.2 Å². The fraction of sp³-hybridized carbons (Fsp3) is 0.286. The van der Waals surface area contributed by atoms with Gasteiger partial charge in [0.1, 0.15) is 11.5 Å². The van der Waals surface area contributed by atoms with Crippen LogP contribution in [0.4, 0.5) is 13.2 Å². The third kappa shape index (κ3) is 3.85. The minimum absolute atomic E-state index is 0.0663. The van der Waals surface area contributed by atoms with Crippen molar-refractivity contribution in [2.75, 3.05) is 6.61 Å². The Kier molecular flexibility index (Phi) is 4.67. The number of hydrogen-bond donors (Lipinski definition) is 1. The van der Waals surface area contributed by atoms with Gasteiger partial charge in [-0.1, -0.05) is 12.3 Å². The summed E-state index contributed by atoms with van der Waals surface area (Å²) in [7, 11) is 0.338. The lowest BCUT2D eigenvalue weighted by Gasteiger charge is -2.13. The Morgan fingerprint density at radius 1 is 1.35 bits per heavy atom. The number of fused-ring (bicyclic) bond motifs is 1. The molecule has 2 rings (SSSR count). The second-order valence-corrected chi connectivity index (χ2v) is 4.63. The minimum atomic E-state index is -4.84. The van der Waals surface area contributed by atoms with Crippen LogP contribution < -0.4 is 10.2 Å². The summed E-state index contributed by atoms with van der Waals surface area (Å²) in [6, 6.07) is 3.26. The first kappa shape index (κ1) is 16.9. The highest BCUT2D eigenvalue weighted by molar-refractivity contribution is 6.55. The normalized spacial score (nSPS) is 11.3. The molecule has 2 aromatic rings. The van der Waals surface area contributed by atoms with Crippen LogP contribution in [0.3, 0.4) is 0 Å². The van der Waals surface area contributed by atoms with E-state index >= 15 is 0 Å². The van der Waals surface area contributed by atoms with E-state index in [1.54, 1.807) is 13.7 Å². The van der Waals surface area contributed by atoms with Crippen LogP contribution in [0.1, 0.15) is 17.4 Å². The number of rotatable bonds is 4. The van der Waals surface area contributed by atoms with Gasteiger partial charge in [-0.05, 0) is 19.1 Å². The number of carbonyl (C=O) groups excluding carboxylic acids is 1. The molecule has 0 radical (unpaired) electrons. The first-order chi connectivity index (χ1) is 10.7. The summed E-state index contributed by atoms with van der Waals surface area (Å²) in [4.78, 5) is 15.8. The lowest BCUT2D eigenvalue weighted by atomic mass is 9.72. The molecular weight excluding hydrogens is 314 g/mol. The molecule has 0 aliphatic heterocycles. The molecule has 9 heteroatoms. The SMILES string of the molecule is CBc1cc(OC(F)(F)F)cc2c(O)cc(C(=O)OCC)nc12. The zero-order valence-electron chi connectivity index (χ0n) is 12.4. The van der Waals surface area contributed by atoms with Crippen LogP contribution in [-0.2, 0) is 4.74 Å². The van der Waals surface area contributed by atoms with E-state index in [9.17, 15) is 23.1 Å². The van der Waals surface area contributed by atoms with E-state index in [1.807, 2.05) is 0 Å². The predicted octanol–water partition coefficient (Wildman–Crippen LogP) is 2.13. The Labute approximate surface area is 130 Å². The molecule has 122 valence electrons. The molecule has 0 spiro atoms. The molecule has 0 unspecified atom stereocenters. The summed E-state index contributed by atoms with van der Waals surface area (Å²) in [6.07, 6.45) is -4.84. The Morgan fingerprint density at radius 3 is 2.61 bits per heavy atom. The molecule has 0 saturated heterocycles. The summed E-state index contributed by atoms with van der Waals surface area (Å²) in [5.41, 5.74) is 0.518. The average Bonchev–Trinajstić information content (AvgIpc) is 2.45. The first-order valence-electron chi connectivity index (χ1n) is 6.84. The zero-order chi connectivity index (χ0) is 17.2. The van der Waals surface area contributed by atoms with Crippen molar-refractivity contribution in [1.29, 1.82) is 0 Å². The predicted molar refractivity (Wildman–Crippen MR) is 78.7 cm³/mol. The van der Waals surface area contributed by atoms with Crippen molar-refractivity contribution in [3.63, 3.8) is 0 Å². The lowest BCUT2D eigenvalue weighted by molar-refractivity contribution is -0.274. The number of hydrogen-bond acceptors (Lipinski definition) is 5. The summed E-state index contributed by atoms with van der Waals surface area (Å²) < 4.78 is 45.8. The van der Waals surface area contributed by atoms with E-state index in [0.29, 0.717) is 12.7 Å². The standard InChI is InChI=1S/C14H13BF3NO4/c1-3-22-13(21)10-6-11(20)8-4-7(23-14(16,17)18)5-9(15-2)12(8)19-10/h4-6,15H,3H2,1-2H3,(H,19,20). The third-order valence-electron chi connectivity index (χ3n) is 3.04. The van der Waals surface area contributed by atoms with Crippen LogP contribution in [-0.4, -0.2) is 36.3 Å². The van der Waals surface area contributed by atoms with Crippen molar-refractivity contribution < 1.29 is 32.5 Å². The van der Waals surface area contributed by atoms with Crippen molar-refractivity contribution >= 4 is 29.6 Å². The second kappa shape index (κ2) is 6.35. The molecule has 0 saturated carbocycles. The van der Waals surface area contributed by atoms with E-state index in [0.717, 1.165) is 12.1 Å². The van der Waals surface area contributed by atoms with E-state index in [-0.39, 0.29) is 29.0 Å². The fourth-order valence-corrected chi connectivity index (χ4v) is 2.12. The number of ether oxygens (including phenoxy) is 2. The molecule has 1 aromatic heterocycles. The van der Waals surface area contributed by atoms with Gasteiger partial charge in [0.05, 0.1) is 12.1 Å². The van der Waals surface area contributed by atoms with Crippen molar-refractivity contribution in [3.8, 4) is 11.5 Å². The van der Waals surface area contributed by atoms with E-state index in [2.05, 4.69) is 9.72 Å². The van der Waals surface area contributed by atoms with Crippen LogP contribution in [0.15, 0.2) is 18.2 Å². The van der Waals surface area contributed by atoms with Gasteiger partial charge < -0.3 is 14.6 Å². The largest absolute Gasteiger partial charge is 0.573 e. The second-order valence-electron chi connectivity index (χ2n) is 4.63. The quantitative estimate of drug-likeness (QED) is 0.688. The Bertz CT molecular complexity index is 749. The van der Waals surface area contributed by atoms with Gasteiger partial charge >= 0.3 is 12.3 Å². The van der Waals surface area contributed by atoms with E-state index in [1.165, 1.54) is 6.07 Å². The highest BCUT2D eigenvalue weighted by Crippen LogP contribution is 2.30. The zero-order valence-corrected chi connectivity index (χ0v) is 12.4. The van der Waals surface area contributed by atoms with E-state index in [4.69, 9.17) is 4.74 Å². The Hall–Kier alpha value is -2.45. The van der Waals surface area contributed by atoms with Crippen LogP contribution in [0.25, 0.3) is 10.9 Å². The summed E-state index contributed by atoms with van der Waals surface area (Å²) in [5.74, 6) is -1.55. The molecule has 0 aliphatic carbocycles. The maximum atomic E-state index is 12.4. The molecule has 1 heterocycles. The molecule has 0 amide bonds. The molecule has 1 aromatic carbocycles. The number of aromatic hydroxyl groups is 1. The monoisotopic (exact) mass is 327 g/mol. The smallest absolute Gasteiger partial charge is 0.507 e. The Morgan fingerprint density at radius 2 is 2.04 bits per heavy atom. The molecule has 0 bridgehead atoms. The van der Waals surface area contributed by atoms with Gasteiger partial charge in [0, 0.05) is 11.5 Å². The van der Waals surface area contributed by atoms with Gasteiger partial charge in [0.2, 0.25) is 0 Å². The van der Waals surface area contributed by atoms with E-state index < -0.39 is 18.1 Å². The topological polar surface area (TPSA) is 68.7 Å². The third-order valence-corrected chi connectivity index (χ3v) is 3.04. The lowest BCUT2D eigenvalue weighted by Crippen LogP contribution is -2.20. The van der Waals surface area contributed by atoms with Gasteiger partial charge in [-0.3, -0.25) is 0 Å². The fourth-order valence-electron chi connectivity index (χ4n) is 2.12. The number of halogens is 3. The molecule has 0 aliphatic rings. The first-order valence-corrected chi connectivity index (χ1v) is 6.84. The highest BCUT2D eigenvalue weighted by Gasteiger charge is 2.31. The number of benzene rings is 1. The minimum Gasteiger partial charge on any atom is -0.507 e. The van der Waals surface area contributed by atoms with Gasteiger partial charge in [-0.25, -0.2) is 9.78 Å². The Balaban J connectivity index is 2.60. The van der Waals surface area contributed by atoms with Crippen LogP contribution in [0.2, 0.25) is 6.82 Å². The van der Waals surface area contributed by atoms with Crippen molar-refractivity contribution in [2.45, 2.75) is 20.1 Å². The van der Waals surface area contributed by atoms with Crippen molar-refractivity contribution in [3.05, 3.63) is 23.9 Å². The molecule has 1 N–H and O–H groups in total. The van der Waals surface area contributed by atoms with Crippen molar-refractivity contribution in [2.24, 2.45) is 0 Å². The molecular formula is C14H13BF3NO4. The molecule has 0 fully saturated rings. The maximum Gasteiger partial charge on any atom is 0.573 e. The molecule has 23 heavy (non-hydrogen) atoms. The number of carbonyl (C=O) groups is 1. The number of alkyl halides is 3. The van der Waals surface area contributed by atoms with Gasteiger partial charge in [-0.2, -0.15) is 0 Å². The number of nitrogens with zero attached hydrogens (tertiary/aromatic N) is 1. The summed E-state index contributed by atoms with van der Waals surface area (Å²) in [6.45, 7) is 3.47. The molecule has 5 nitrogen and oxygen atoms in total. The van der Waals surface area contributed by atoms with Gasteiger partial charge in [0.25, 0.3) is 0 Å². The average molecular weight is 327 g/mol. The van der Waals surface area contributed by atoms with Crippen LogP contribution >= 0.6 is 0 Å². The highest BCUT2D eigenvalue weighted by atomic mass is 19.4. The summed E-state index contributed by atoms with van der Waals surface area (Å²) in [5, 5.41) is 10.1. The maximum absolute atomic E-state index is 12.4. The number of aromatic nitrogens is 1. The summed E-state index contributed by atoms with van der Waals surface area (Å²) >= 11 is 0. The van der Waals surface area contributed by atoms with Crippen LogP contribution in [0.5, 0.6) is 11.5 Å².